The van der Waals surface area contributed by atoms with Crippen molar-refractivity contribution in [3.63, 3.8) is 0 Å². The minimum Gasteiger partial charge on any atom is -0.466 e. The number of furan rings is 1. The minimum absolute atomic E-state index is 0.151. The third kappa shape index (κ3) is 2.79. The molecule has 1 aromatic heterocycles. The molecule has 0 saturated heterocycles. The predicted octanol–water partition coefficient (Wildman–Crippen LogP) is 2.92. The van der Waals surface area contributed by atoms with Crippen molar-refractivity contribution in [1.29, 1.82) is 0 Å². The molecule has 0 unspecified atom stereocenters. The molecule has 1 aliphatic rings. The van der Waals surface area contributed by atoms with Crippen molar-refractivity contribution >= 4 is 5.91 Å². The smallest absolute Gasteiger partial charge is 0.251 e. The highest BCUT2D eigenvalue weighted by molar-refractivity contribution is 5.95. The first-order chi connectivity index (χ1) is 10.5. The Bertz CT molecular complexity index is 674. The van der Waals surface area contributed by atoms with E-state index in [1.54, 1.807) is 18.4 Å². The zero-order valence-corrected chi connectivity index (χ0v) is 12.9. The third-order valence-corrected chi connectivity index (χ3v) is 4.36. The number of rotatable bonds is 5. The molecule has 2 aromatic rings. The SMILES string of the molecule is Cc1ccc(C)c(C(=O)NC[C@](O)(c2ccco2)C2CC2)c1. The van der Waals surface area contributed by atoms with E-state index in [-0.39, 0.29) is 18.4 Å². The minimum atomic E-state index is -1.11. The van der Waals surface area contributed by atoms with E-state index in [0.29, 0.717) is 11.3 Å². The molecule has 1 atom stereocenters. The highest BCUT2D eigenvalue weighted by Gasteiger charge is 2.47. The molecule has 1 saturated carbocycles. The number of aliphatic hydroxyl groups is 1. The second-order valence-electron chi connectivity index (χ2n) is 6.18. The van der Waals surface area contributed by atoms with Crippen molar-refractivity contribution in [3.05, 3.63) is 59.0 Å². The molecule has 1 fully saturated rings. The van der Waals surface area contributed by atoms with Gasteiger partial charge in [-0.3, -0.25) is 4.79 Å². The summed E-state index contributed by atoms with van der Waals surface area (Å²) in [6.45, 7) is 4.03. The standard InChI is InChI=1S/C18H21NO3/c1-12-5-6-13(2)15(10-12)17(20)19-11-18(21,14-7-8-14)16-4-3-9-22-16/h3-6,9-10,14,21H,7-8,11H2,1-2H3,(H,19,20)/t18-/m1/s1. The summed E-state index contributed by atoms with van der Waals surface area (Å²) in [6, 6.07) is 9.31. The summed E-state index contributed by atoms with van der Waals surface area (Å²) in [4.78, 5) is 12.4. The molecule has 4 heteroatoms. The summed E-state index contributed by atoms with van der Waals surface area (Å²) in [5.41, 5.74) is 1.50. The molecule has 1 aliphatic carbocycles. The summed E-state index contributed by atoms with van der Waals surface area (Å²) < 4.78 is 5.38. The van der Waals surface area contributed by atoms with Gasteiger partial charge in [0, 0.05) is 5.56 Å². The van der Waals surface area contributed by atoms with Crippen LogP contribution in [-0.2, 0) is 5.60 Å². The van der Waals surface area contributed by atoms with E-state index in [2.05, 4.69) is 5.32 Å². The van der Waals surface area contributed by atoms with Crippen LogP contribution in [0.3, 0.4) is 0 Å². The molecule has 0 bridgehead atoms. The van der Waals surface area contributed by atoms with E-state index in [1.165, 1.54) is 0 Å². The fourth-order valence-corrected chi connectivity index (χ4v) is 2.81. The van der Waals surface area contributed by atoms with Gasteiger partial charge in [0.25, 0.3) is 5.91 Å². The number of amides is 1. The fourth-order valence-electron chi connectivity index (χ4n) is 2.81. The molecule has 0 aliphatic heterocycles. The van der Waals surface area contributed by atoms with Gasteiger partial charge in [0.15, 0.2) is 0 Å². The van der Waals surface area contributed by atoms with Gasteiger partial charge in [0.1, 0.15) is 11.4 Å². The van der Waals surface area contributed by atoms with Crippen molar-refractivity contribution in [2.24, 2.45) is 5.92 Å². The van der Waals surface area contributed by atoms with Gasteiger partial charge < -0.3 is 14.8 Å². The van der Waals surface area contributed by atoms with Crippen LogP contribution in [0.25, 0.3) is 0 Å². The van der Waals surface area contributed by atoms with Gasteiger partial charge in [-0.1, -0.05) is 17.7 Å². The van der Waals surface area contributed by atoms with Crippen molar-refractivity contribution in [2.75, 3.05) is 6.54 Å². The topological polar surface area (TPSA) is 62.5 Å². The van der Waals surface area contributed by atoms with Crippen LogP contribution in [-0.4, -0.2) is 17.6 Å². The highest BCUT2D eigenvalue weighted by Crippen LogP contribution is 2.45. The molecule has 3 rings (SSSR count). The normalized spacial score (nSPS) is 17.0. The van der Waals surface area contributed by atoms with Gasteiger partial charge in [-0.15, -0.1) is 0 Å². The first-order valence-electron chi connectivity index (χ1n) is 7.62. The van der Waals surface area contributed by atoms with Crippen LogP contribution in [0.4, 0.5) is 0 Å². The third-order valence-electron chi connectivity index (χ3n) is 4.36. The Morgan fingerprint density at radius 2 is 2.14 bits per heavy atom. The molecular formula is C18H21NO3. The van der Waals surface area contributed by atoms with Crippen LogP contribution in [0, 0.1) is 19.8 Å². The first-order valence-corrected chi connectivity index (χ1v) is 7.62. The summed E-state index contributed by atoms with van der Waals surface area (Å²) in [5.74, 6) is 0.514. The van der Waals surface area contributed by atoms with Crippen LogP contribution in [0.2, 0.25) is 0 Å². The Morgan fingerprint density at radius 1 is 1.36 bits per heavy atom. The lowest BCUT2D eigenvalue weighted by molar-refractivity contribution is -0.00611. The van der Waals surface area contributed by atoms with Crippen LogP contribution >= 0.6 is 0 Å². The molecular weight excluding hydrogens is 278 g/mol. The number of nitrogens with one attached hydrogen (secondary N) is 1. The quantitative estimate of drug-likeness (QED) is 0.892. The zero-order valence-electron chi connectivity index (χ0n) is 12.9. The van der Waals surface area contributed by atoms with Gasteiger partial charge in [-0.05, 0) is 56.4 Å². The van der Waals surface area contributed by atoms with E-state index >= 15 is 0 Å². The van der Waals surface area contributed by atoms with Crippen LogP contribution in [0.1, 0.15) is 40.1 Å². The average Bonchev–Trinajstić information content (AvgIpc) is 3.22. The average molecular weight is 299 g/mol. The maximum atomic E-state index is 12.4. The van der Waals surface area contributed by atoms with Crippen LogP contribution in [0.5, 0.6) is 0 Å². The van der Waals surface area contributed by atoms with Crippen molar-refractivity contribution in [3.8, 4) is 0 Å². The second kappa shape index (κ2) is 5.61. The van der Waals surface area contributed by atoms with Crippen molar-refractivity contribution in [2.45, 2.75) is 32.3 Å². The highest BCUT2D eigenvalue weighted by atomic mass is 16.4. The van der Waals surface area contributed by atoms with Gasteiger partial charge in [0.05, 0.1) is 12.8 Å². The number of hydrogen-bond donors (Lipinski definition) is 2. The molecule has 1 aromatic carbocycles. The number of carbonyl (C=O) groups is 1. The molecule has 1 amide bonds. The van der Waals surface area contributed by atoms with Gasteiger partial charge in [-0.25, -0.2) is 0 Å². The Balaban J connectivity index is 1.75. The van der Waals surface area contributed by atoms with Crippen LogP contribution in [0.15, 0.2) is 41.0 Å². The van der Waals surface area contributed by atoms with Gasteiger partial charge >= 0.3 is 0 Å². The number of benzene rings is 1. The van der Waals surface area contributed by atoms with E-state index in [9.17, 15) is 9.90 Å². The summed E-state index contributed by atoms with van der Waals surface area (Å²) >= 11 is 0. The predicted molar refractivity (Wildman–Crippen MR) is 83.6 cm³/mol. The van der Waals surface area contributed by atoms with Crippen molar-refractivity contribution in [1.82, 2.24) is 5.32 Å². The van der Waals surface area contributed by atoms with E-state index in [1.807, 2.05) is 32.0 Å². The monoisotopic (exact) mass is 299 g/mol. The molecule has 0 spiro atoms. The van der Waals surface area contributed by atoms with E-state index in [0.717, 1.165) is 24.0 Å². The lowest BCUT2D eigenvalue weighted by atomic mass is 9.94. The van der Waals surface area contributed by atoms with E-state index in [4.69, 9.17) is 4.42 Å². The lowest BCUT2D eigenvalue weighted by Gasteiger charge is -2.26. The molecule has 2 N–H and O–H groups in total. The maximum Gasteiger partial charge on any atom is 0.251 e. The van der Waals surface area contributed by atoms with Crippen LogP contribution < -0.4 is 5.32 Å². The Hall–Kier alpha value is -2.07. The molecule has 1 heterocycles. The summed E-state index contributed by atoms with van der Waals surface area (Å²) in [7, 11) is 0. The Morgan fingerprint density at radius 3 is 2.77 bits per heavy atom. The number of hydrogen-bond acceptors (Lipinski definition) is 3. The molecule has 4 nitrogen and oxygen atoms in total. The number of carbonyl (C=O) groups excluding carboxylic acids is 1. The largest absolute Gasteiger partial charge is 0.466 e. The molecule has 22 heavy (non-hydrogen) atoms. The van der Waals surface area contributed by atoms with Gasteiger partial charge in [0.2, 0.25) is 0 Å². The molecule has 116 valence electrons. The maximum absolute atomic E-state index is 12.4. The first kappa shape index (κ1) is 14.9. The van der Waals surface area contributed by atoms with Crippen molar-refractivity contribution < 1.29 is 14.3 Å². The second-order valence-corrected chi connectivity index (χ2v) is 6.18. The summed E-state index contributed by atoms with van der Waals surface area (Å²) in [6.07, 6.45) is 3.46. The number of aryl methyl sites for hydroxylation is 2. The fraction of sp³-hybridized carbons (Fsp3) is 0.389. The van der Waals surface area contributed by atoms with E-state index < -0.39 is 5.60 Å². The molecule has 0 radical (unpaired) electrons. The summed E-state index contributed by atoms with van der Waals surface area (Å²) in [5, 5.41) is 13.8. The Labute approximate surface area is 130 Å². The lowest BCUT2D eigenvalue weighted by Crippen LogP contribution is -2.42. The Kier molecular flexibility index (Phi) is 3.79. The van der Waals surface area contributed by atoms with Gasteiger partial charge in [-0.2, -0.15) is 0 Å². The zero-order chi connectivity index (χ0) is 15.7.